The molecule has 1 aromatic heterocycles. The van der Waals surface area contributed by atoms with Crippen molar-refractivity contribution < 1.29 is 14.3 Å². The number of aromatic nitrogens is 2. The maximum Gasteiger partial charge on any atom is 0.338 e. The van der Waals surface area contributed by atoms with Crippen LogP contribution in [-0.2, 0) is 4.74 Å². The van der Waals surface area contributed by atoms with Crippen LogP contribution in [0.4, 0.5) is 0 Å². The topological polar surface area (TPSA) is 64.2 Å². The van der Waals surface area contributed by atoms with Crippen molar-refractivity contribution in [2.24, 2.45) is 0 Å². The summed E-state index contributed by atoms with van der Waals surface area (Å²) in [4.78, 5) is 20.1. The summed E-state index contributed by atoms with van der Waals surface area (Å²) in [5.41, 5.74) is 9.99. The maximum absolute atomic E-state index is 12.1. The Morgan fingerprint density at radius 3 is 2.35 bits per heavy atom. The van der Waals surface area contributed by atoms with Crippen LogP contribution in [-0.4, -0.2) is 23.0 Å². The lowest BCUT2D eigenvalue weighted by Gasteiger charge is -2.11. The van der Waals surface area contributed by atoms with E-state index in [4.69, 9.17) is 14.5 Å². The second kappa shape index (κ2) is 10.6. The Kier molecular flexibility index (Phi) is 6.67. The van der Waals surface area contributed by atoms with Gasteiger partial charge in [-0.25, -0.2) is 4.79 Å². The number of hydrogen-bond donors (Lipinski definition) is 1. The number of aryl methyl sites for hydroxylation is 1. The van der Waals surface area contributed by atoms with E-state index in [-0.39, 0.29) is 0 Å². The summed E-state index contributed by atoms with van der Waals surface area (Å²) in [6.45, 7) is 5.51. The molecule has 0 bridgehead atoms. The van der Waals surface area contributed by atoms with Crippen molar-refractivity contribution in [3.05, 3.63) is 114 Å². The maximum atomic E-state index is 12.1. The predicted molar refractivity (Wildman–Crippen MR) is 159 cm³/mol. The molecule has 0 spiro atoms. The number of aromatic amines is 1. The fraction of sp³-hybridized carbons (Fsp3) is 0.143. The molecule has 1 aliphatic rings. The average molecular weight is 525 g/mol. The third-order valence-corrected chi connectivity index (χ3v) is 7.21. The minimum Gasteiger partial charge on any atom is -0.465 e. The number of ether oxygens (including phenoxy) is 2. The molecule has 40 heavy (non-hydrogen) atoms. The van der Waals surface area contributed by atoms with Crippen LogP contribution in [0, 0.1) is 18.8 Å². The number of fused-ring (bicyclic) bond motifs is 1. The van der Waals surface area contributed by atoms with Gasteiger partial charge in [0.1, 0.15) is 5.75 Å². The van der Waals surface area contributed by atoms with Crippen molar-refractivity contribution in [2.45, 2.75) is 25.7 Å². The van der Waals surface area contributed by atoms with E-state index in [1.54, 1.807) is 12.1 Å². The molecule has 6 rings (SSSR count). The summed E-state index contributed by atoms with van der Waals surface area (Å²) in [5.74, 6) is 6.62. The molecule has 5 aromatic rings. The molecular formula is C35H28N2O3. The van der Waals surface area contributed by atoms with Crippen molar-refractivity contribution in [1.82, 2.24) is 9.97 Å². The molecule has 0 atom stereocenters. The van der Waals surface area contributed by atoms with Gasteiger partial charge in [-0.15, -0.1) is 0 Å². The number of methoxy groups -OCH3 is 1. The zero-order valence-electron chi connectivity index (χ0n) is 22.5. The van der Waals surface area contributed by atoms with E-state index in [1.807, 2.05) is 31.2 Å². The van der Waals surface area contributed by atoms with Gasteiger partial charge in [0, 0.05) is 5.56 Å². The lowest BCUT2D eigenvalue weighted by atomic mass is 9.94. The predicted octanol–water partition coefficient (Wildman–Crippen LogP) is 8.20. The van der Waals surface area contributed by atoms with Gasteiger partial charge in [0.15, 0.2) is 0 Å². The summed E-state index contributed by atoms with van der Waals surface area (Å²) in [7, 11) is 1.37. The first-order valence-corrected chi connectivity index (χ1v) is 13.3. The molecule has 5 heteroatoms. The first kappa shape index (κ1) is 25.2. The monoisotopic (exact) mass is 524 g/mol. The number of allylic oxidation sites excluding steroid dienone is 1. The largest absolute Gasteiger partial charge is 0.465 e. The molecule has 1 aliphatic carbocycles. The van der Waals surface area contributed by atoms with Crippen LogP contribution in [0.3, 0.4) is 0 Å². The normalized spacial score (nSPS) is 12.4. The lowest BCUT2D eigenvalue weighted by Crippen LogP contribution is -2.04. The highest BCUT2D eigenvalue weighted by Gasteiger charge is 2.27. The number of nitrogens with one attached hydrogen (secondary N) is 1. The van der Waals surface area contributed by atoms with Crippen LogP contribution in [0.1, 0.15) is 45.8 Å². The summed E-state index contributed by atoms with van der Waals surface area (Å²) in [6.07, 6.45) is 3.98. The van der Waals surface area contributed by atoms with Gasteiger partial charge in [-0.05, 0) is 102 Å². The third kappa shape index (κ3) is 5.12. The molecule has 196 valence electrons. The Labute approximate surface area is 233 Å². The highest BCUT2D eigenvalue weighted by molar-refractivity contribution is 5.91. The van der Waals surface area contributed by atoms with E-state index >= 15 is 0 Å². The van der Waals surface area contributed by atoms with Crippen LogP contribution in [0.15, 0.2) is 91.5 Å². The standard InChI is InChI=1S/C35H28N2O3/c1-4-5-6-23-8-10-24(11-9-23)25-12-14-26(15-13-25)30-20-32-33(21-31(30)27-16-17-27)37-35(36-32)40-28-18-7-22(2)29(19-28)34(38)39-3/h4,7-15,18-21,27H,1,16-17H2,2-3H3,(H,36,37). The smallest absolute Gasteiger partial charge is 0.338 e. The van der Waals surface area contributed by atoms with Crippen LogP contribution in [0.5, 0.6) is 11.8 Å². The molecule has 0 amide bonds. The number of benzene rings is 4. The molecule has 0 unspecified atom stereocenters. The van der Waals surface area contributed by atoms with E-state index < -0.39 is 5.97 Å². The first-order chi connectivity index (χ1) is 19.5. The molecule has 5 nitrogen and oxygen atoms in total. The van der Waals surface area contributed by atoms with Gasteiger partial charge in [0.2, 0.25) is 0 Å². The first-order valence-electron chi connectivity index (χ1n) is 13.3. The van der Waals surface area contributed by atoms with Gasteiger partial charge in [-0.2, -0.15) is 4.98 Å². The van der Waals surface area contributed by atoms with Gasteiger partial charge in [0.05, 0.1) is 23.7 Å². The lowest BCUT2D eigenvalue weighted by molar-refractivity contribution is 0.0599. The zero-order chi connectivity index (χ0) is 27.6. The van der Waals surface area contributed by atoms with Crippen molar-refractivity contribution in [3.8, 4) is 45.9 Å². The van der Waals surface area contributed by atoms with Crippen molar-refractivity contribution >= 4 is 17.0 Å². The number of imidazole rings is 1. The van der Waals surface area contributed by atoms with E-state index in [1.165, 1.54) is 31.1 Å². The van der Waals surface area contributed by atoms with Gasteiger partial charge in [0.25, 0.3) is 6.01 Å². The number of nitrogens with zero attached hydrogens (tertiary/aromatic N) is 1. The SMILES string of the molecule is C=CC#Cc1ccc(-c2ccc(-c3cc4nc(Oc5ccc(C)c(C(=O)OC)c5)[nH]c4cc3C3CC3)cc2)cc1. The summed E-state index contributed by atoms with van der Waals surface area (Å²) < 4.78 is 10.9. The number of rotatable bonds is 6. The summed E-state index contributed by atoms with van der Waals surface area (Å²) in [6, 6.07) is 27.0. The molecule has 1 heterocycles. The average Bonchev–Trinajstić information content (AvgIpc) is 3.76. The highest BCUT2D eigenvalue weighted by Crippen LogP contribution is 2.46. The van der Waals surface area contributed by atoms with E-state index in [0.29, 0.717) is 23.2 Å². The number of carbonyl (C=O) groups excluding carboxylic acids is 1. The number of hydrogen-bond acceptors (Lipinski definition) is 4. The Balaban J connectivity index is 1.30. The molecular weight excluding hydrogens is 496 g/mol. The minimum absolute atomic E-state index is 0.380. The van der Waals surface area contributed by atoms with Crippen LogP contribution < -0.4 is 4.74 Å². The molecule has 0 aliphatic heterocycles. The number of esters is 1. The molecule has 1 fully saturated rings. The number of H-pyrrole nitrogens is 1. The number of carbonyl (C=O) groups is 1. The molecule has 1 saturated carbocycles. The van der Waals surface area contributed by atoms with Gasteiger partial charge >= 0.3 is 5.97 Å². The molecule has 4 aromatic carbocycles. The van der Waals surface area contributed by atoms with Crippen molar-refractivity contribution in [1.29, 1.82) is 0 Å². The molecule has 1 N–H and O–H groups in total. The second-order valence-electron chi connectivity index (χ2n) is 9.97. The Hall–Kier alpha value is -5.08. The minimum atomic E-state index is -0.396. The second-order valence-corrected chi connectivity index (χ2v) is 9.97. The van der Waals surface area contributed by atoms with Crippen LogP contribution in [0.2, 0.25) is 0 Å². The fourth-order valence-electron chi connectivity index (χ4n) is 4.91. The Morgan fingerprint density at radius 2 is 1.68 bits per heavy atom. The molecule has 0 radical (unpaired) electrons. The quantitative estimate of drug-likeness (QED) is 0.180. The van der Waals surface area contributed by atoms with Crippen molar-refractivity contribution in [3.63, 3.8) is 0 Å². The highest BCUT2D eigenvalue weighted by atomic mass is 16.5. The summed E-state index contributed by atoms with van der Waals surface area (Å²) >= 11 is 0. The van der Waals surface area contributed by atoms with E-state index in [2.05, 4.69) is 71.9 Å². The Bertz CT molecular complexity index is 1800. The summed E-state index contributed by atoms with van der Waals surface area (Å²) in [5, 5.41) is 0. The third-order valence-electron chi connectivity index (χ3n) is 7.21. The van der Waals surface area contributed by atoms with Gasteiger partial charge < -0.3 is 14.5 Å². The zero-order valence-corrected chi connectivity index (χ0v) is 22.5. The Morgan fingerprint density at radius 1 is 0.975 bits per heavy atom. The van der Waals surface area contributed by atoms with Crippen molar-refractivity contribution in [2.75, 3.05) is 7.11 Å². The fourth-order valence-corrected chi connectivity index (χ4v) is 4.91. The van der Waals surface area contributed by atoms with Gasteiger partial charge in [-0.3, -0.25) is 0 Å². The van der Waals surface area contributed by atoms with Gasteiger partial charge in [-0.1, -0.05) is 60.9 Å². The van der Waals surface area contributed by atoms with E-state index in [0.717, 1.165) is 38.9 Å². The van der Waals surface area contributed by atoms with E-state index in [9.17, 15) is 4.79 Å². The van der Waals surface area contributed by atoms with Crippen LogP contribution >= 0.6 is 0 Å². The molecule has 0 saturated heterocycles. The van der Waals surface area contributed by atoms with Crippen LogP contribution in [0.25, 0.3) is 33.3 Å².